The van der Waals surface area contributed by atoms with Gasteiger partial charge in [-0.15, -0.1) is 0 Å². The lowest BCUT2D eigenvalue weighted by atomic mass is 10.1. The van der Waals surface area contributed by atoms with Crippen LogP contribution < -0.4 is 5.32 Å². The van der Waals surface area contributed by atoms with Gasteiger partial charge in [0.25, 0.3) is 5.91 Å². The van der Waals surface area contributed by atoms with Crippen molar-refractivity contribution in [2.45, 2.75) is 12.5 Å². The van der Waals surface area contributed by atoms with Gasteiger partial charge in [-0.2, -0.15) is 4.39 Å². The Kier molecular flexibility index (Phi) is 4.61. The first-order valence-electron chi connectivity index (χ1n) is 6.25. The average molecular weight is 288 g/mol. The highest BCUT2D eigenvalue weighted by molar-refractivity contribution is 5.96. The molecule has 0 fully saturated rings. The Morgan fingerprint density at radius 1 is 1.24 bits per heavy atom. The number of hydrogen-bond acceptors (Lipinski definition) is 3. The summed E-state index contributed by atoms with van der Waals surface area (Å²) in [6, 6.07) is 10.1. The van der Waals surface area contributed by atoms with Gasteiger partial charge in [-0.05, 0) is 11.6 Å². The molecule has 0 radical (unpaired) electrons. The predicted molar refractivity (Wildman–Crippen MR) is 73.2 cm³/mol. The van der Waals surface area contributed by atoms with E-state index in [-0.39, 0.29) is 12.0 Å². The van der Waals surface area contributed by atoms with Gasteiger partial charge in [0.05, 0.1) is 0 Å². The molecule has 2 N–H and O–H groups in total. The minimum absolute atomic E-state index is 0.0295. The van der Waals surface area contributed by atoms with Crippen molar-refractivity contribution < 1.29 is 19.1 Å². The minimum atomic E-state index is -1.15. The van der Waals surface area contributed by atoms with Gasteiger partial charge in [0.1, 0.15) is 6.04 Å². The minimum Gasteiger partial charge on any atom is -0.480 e. The number of nitrogens with one attached hydrogen (secondary N) is 1. The van der Waals surface area contributed by atoms with Gasteiger partial charge in [-0.1, -0.05) is 30.3 Å². The van der Waals surface area contributed by atoms with E-state index in [2.05, 4.69) is 10.3 Å². The summed E-state index contributed by atoms with van der Waals surface area (Å²) < 4.78 is 13.0. The predicted octanol–water partition coefficient (Wildman–Crippen LogP) is 1.65. The molecule has 1 aromatic carbocycles. The summed E-state index contributed by atoms with van der Waals surface area (Å²) >= 11 is 0. The molecule has 0 saturated carbocycles. The van der Waals surface area contributed by atoms with Crippen LogP contribution >= 0.6 is 0 Å². The normalized spacial score (nSPS) is 11.7. The number of amides is 1. The first-order valence-corrected chi connectivity index (χ1v) is 6.25. The van der Waals surface area contributed by atoms with Gasteiger partial charge in [0.15, 0.2) is 0 Å². The number of carbonyl (C=O) groups is 2. The first-order chi connectivity index (χ1) is 10.1. The van der Waals surface area contributed by atoms with Crippen LogP contribution in [0.25, 0.3) is 0 Å². The fraction of sp³-hybridized carbons (Fsp3) is 0.133. The highest BCUT2D eigenvalue weighted by Gasteiger charge is 2.21. The van der Waals surface area contributed by atoms with Crippen LogP contribution in [0.2, 0.25) is 0 Å². The number of hydrogen-bond donors (Lipinski definition) is 2. The largest absolute Gasteiger partial charge is 0.480 e. The molecule has 21 heavy (non-hydrogen) atoms. The molecule has 1 aromatic heterocycles. The quantitative estimate of drug-likeness (QED) is 0.820. The molecule has 0 spiro atoms. The van der Waals surface area contributed by atoms with E-state index in [0.717, 1.165) is 17.8 Å². The number of carboxylic acids is 1. The van der Waals surface area contributed by atoms with E-state index in [0.29, 0.717) is 0 Å². The molecule has 0 bridgehead atoms. The van der Waals surface area contributed by atoms with Gasteiger partial charge in [-0.25, -0.2) is 9.78 Å². The van der Waals surface area contributed by atoms with Gasteiger partial charge in [-0.3, -0.25) is 4.79 Å². The van der Waals surface area contributed by atoms with Crippen LogP contribution in [0.15, 0.2) is 48.7 Å². The number of benzene rings is 1. The number of nitrogens with zero attached hydrogens (tertiary/aromatic N) is 1. The van der Waals surface area contributed by atoms with Crippen molar-refractivity contribution >= 4 is 11.9 Å². The molecule has 0 aliphatic rings. The Labute approximate surface area is 120 Å². The van der Waals surface area contributed by atoms with Crippen LogP contribution in [0.3, 0.4) is 0 Å². The summed E-state index contributed by atoms with van der Waals surface area (Å²) in [4.78, 5) is 26.5. The second-order valence-corrected chi connectivity index (χ2v) is 4.42. The smallest absolute Gasteiger partial charge is 0.326 e. The van der Waals surface area contributed by atoms with E-state index in [9.17, 15) is 19.1 Å². The lowest BCUT2D eigenvalue weighted by Gasteiger charge is -2.14. The van der Waals surface area contributed by atoms with E-state index in [1.165, 1.54) is 6.07 Å². The second kappa shape index (κ2) is 6.60. The molecule has 0 aliphatic heterocycles. The molecule has 2 aromatic rings. The molecule has 1 atom stereocenters. The summed E-state index contributed by atoms with van der Waals surface area (Å²) in [5.41, 5.74) is 0.813. The number of pyridine rings is 1. The Balaban J connectivity index is 2.10. The van der Waals surface area contributed by atoms with E-state index in [1.807, 2.05) is 6.07 Å². The van der Waals surface area contributed by atoms with Crippen molar-refractivity contribution in [2.75, 3.05) is 0 Å². The van der Waals surface area contributed by atoms with Crippen molar-refractivity contribution in [3.63, 3.8) is 0 Å². The van der Waals surface area contributed by atoms with E-state index >= 15 is 0 Å². The third-order valence-corrected chi connectivity index (χ3v) is 2.87. The molecule has 108 valence electrons. The molecular formula is C15H13FN2O3. The Morgan fingerprint density at radius 3 is 2.57 bits per heavy atom. The first kappa shape index (κ1) is 14.6. The SMILES string of the molecule is O=C(N[C@@H](Cc1ccccc1)C(=O)O)c1ccnc(F)c1. The van der Waals surface area contributed by atoms with Crippen molar-refractivity contribution in [1.29, 1.82) is 0 Å². The average Bonchev–Trinajstić information content (AvgIpc) is 2.47. The summed E-state index contributed by atoms with van der Waals surface area (Å²) in [5.74, 6) is -2.60. The Bertz CT molecular complexity index is 646. The van der Waals surface area contributed by atoms with E-state index in [1.54, 1.807) is 24.3 Å². The zero-order valence-corrected chi connectivity index (χ0v) is 11.0. The second-order valence-electron chi connectivity index (χ2n) is 4.42. The standard InChI is InChI=1S/C15H13FN2O3/c16-13-9-11(6-7-17-13)14(19)18-12(15(20)21)8-10-4-2-1-3-5-10/h1-7,9,12H,8H2,(H,18,19)(H,20,21)/t12-/m0/s1. The molecule has 1 heterocycles. The molecular weight excluding hydrogens is 275 g/mol. The zero-order valence-electron chi connectivity index (χ0n) is 11.0. The van der Waals surface area contributed by atoms with Crippen LogP contribution in [-0.4, -0.2) is 28.0 Å². The Hall–Kier alpha value is -2.76. The highest BCUT2D eigenvalue weighted by Crippen LogP contribution is 2.06. The van der Waals surface area contributed by atoms with Gasteiger partial charge in [0, 0.05) is 24.2 Å². The molecule has 1 amide bonds. The highest BCUT2D eigenvalue weighted by atomic mass is 19.1. The van der Waals surface area contributed by atoms with Gasteiger partial charge >= 0.3 is 5.97 Å². The summed E-state index contributed by atoms with van der Waals surface area (Å²) in [6.07, 6.45) is 1.30. The fourth-order valence-corrected chi connectivity index (χ4v) is 1.84. The molecule has 6 heteroatoms. The van der Waals surface area contributed by atoms with Crippen molar-refractivity contribution in [1.82, 2.24) is 10.3 Å². The van der Waals surface area contributed by atoms with Crippen LogP contribution in [-0.2, 0) is 11.2 Å². The monoisotopic (exact) mass is 288 g/mol. The Morgan fingerprint density at radius 2 is 1.95 bits per heavy atom. The lowest BCUT2D eigenvalue weighted by molar-refractivity contribution is -0.139. The maximum Gasteiger partial charge on any atom is 0.326 e. The molecule has 0 unspecified atom stereocenters. The topological polar surface area (TPSA) is 79.3 Å². The van der Waals surface area contributed by atoms with E-state index in [4.69, 9.17) is 0 Å². The summed E-state index contributed by atoms with van der Waals surface area (Å²) in [6.45, 7) is 0. The van der Waals surface area contributed by atoms with Gasteiger partial charge < -0.3 is 10.4 Å². The maximum atomic E-state index is 13.0. The zero-order chi connectivity index (χ0) is 15.2. The summed E-state index contributed by atoms with van der Waals surface area (Å²) in [7, 11) is 0. The molecule has 2 rings (SSSR count). The maximum absolute atomic E-state index is 13.0. The number of aromatic nitrogens is 1. The van der Waals surface area contributed by atoms with Crippen LogP contribution in [0.1, 0.15) is 15.9 Å². The van der Waals surface area contributed by atoms with Crippen LogP contribution in [0.5, 0.6) is 0 Å². The molecule has 5 nitrogen and oxygen atoms in total. The van der Waals surface area contributed by atoms with Crippen molar-refractivity contribution in [3.05, 3.63) is 65.7 Å². The number of halogens is 1. The third kappa shape index (κ3) is 4.10. The van der Waals surface area contributed by atoms with Gasteiger partial charge in [0.2, 0.25) is 5.95 Å². The number of rotatable bonds is 5. The summed E-state index contributed by atoms with van der Waals surface area (Å²) in [5, 5.41) is 11.6. The van der Waals surface area contributed by atoms with Crippen LogP contribution in [0.4, 0.5) is 4.39 Å². The molecule has 0 aliphatic carbocycles. The number of aliphatic carboxylic acids is 1. The van der Waals surface area contributed by atoms with E-state index < -0.39 is 23.9 Å². The lowest BCUT2D eigenvalue weighted by Crippen LogP contribution is -2.42. The molecule has 0 saturated heterocycles. The number of carboxylic acid groups (broad SMARTS) is 1. The van der Waals surface area contributed by atoms with Crippen LogP contribution in [0, 0.1) is 5.95 Å². The number of carbonyl (C=O) groups excluding carboxylic acids is 1. The third-order valence-electron chi connectivity index (χ3n) is 2.87. The van der Waals surface area contributed by atoms with Crippen molar-refractivity contribution in [2.24, 2.45) is 0 Å². The fourth-order valence-electron chi connectivity index (χ4n) is 1.84. The van der Waals surface area contributed by atoms with Crippen molar-refractivity contribution in [3.8, 4) is 0 Å².